The normalized spacial score (nSPS) is 12.8. The number of nitrogens with zero attached hydrogens (tertiary/aromatic N) is 1. The Bertz CT molecular complexity index is 1360. The molecule has 1 aromatic heterocycles. The van der Waals surface area contributed by atoms with E-state index in [1.807, 2.05) is 63.2 Å². The molecule has 33 heavy (non-hydrogen) atoms. The lowest BCUT2D eigenvalue weighted by Crippen LogP contribution is -2.26. The molecule has 3 aromatic carbocycles. The third-order valence-corrected chi connectivity index (χ3v) is 5.45. The highest BCUT2D eigenvalue weighted by Crippen LogP contribution is 2.34. The second-order valence-corrected chi connectivity index (χ2v) is 8.91. The molecule has 0 fully saturated rings. The molecule has 0 amide bonds. The summed E-state index contributed by atoms with van der Waals surface area (Å²) in [6.45, 7) is 5.53. The summed E-state index contributed by atoms with van der Waals surface area (Å²) in [4.78, 5) is 24.7. The largest absolute Gasteiger partial charge is 0.466 e. The van der Waals surface area contributed by atoms with Crippen LogP contribution in [0.25, 0.3) is 21.7 Å². The van der Waals surface area contributed by atoms with E-state index in [2.05, 4.69) is 30.3 Å². The number of allylic oxidation sites excluding steroid dienone is 1. The number of methoxy groups -OCH3 is 1. The maximum atomic E-state index is 12.8. The molecule has 0 aliphatic rings. The van der Waals surface area contributed by atoms with E-state index < -0.39 is 17.7 Å². The number of carbonyl (C=O) groups excluding carboxylic acids is 2. The predicted molar refractivity (Wildman–Crippen MR) is 131 cm³/mol. The van der Waals surface area contributed by atoms with Crippen LogP contribution in [0.5, 0.6) is 0 Å². The van der Waals surface area contributed by atoms with Gasteiger partial charge in [0.1, 0.15) is 5.60 Å². The molecular weight excluding hydrogens is 414 g/mol. The summed E-state index contributed by atoms with van der Waals surface area (Å²) in [6, 6.07) is 22.2. The van der Waals surface area contributed by atoms with E-state index in [4.69, 9.17) is 9.47 Å². The van der Waals surface area contributed by atoms with Crippen molar-refractivity contribution in [3.05, 3.63) is 96.2 Å². The van der Waals surface area contributed by atoms with Crippen molar-refractivity contribution in [2.75, 3.05) is 7.11 Å². The van der Waals surface area contributed by atoms with Gasteiger partial charge in [-0.2, -0.15) is 0 Å². The van der Waals surface area contributed by atoms with Crippen LogP contribution in [0.3, 0.4) is 0 Å². The number of fused-ring (bicyclic) bond motifs is 2. The Morgan fingerprint density at radius 3 is 2.42 bits per heavy atom. The molecular formula is C28H27NO4. The SMILES string of the molecule is COC(=O)/C=C/[C@@H](c1ccc2ccccc2c1)c1cccc2c1ccn2C(=O)OC(C)(C)C. The summed E-state index contributed by atoms with van der Waals surface area (Å²) in [6.07, 6.45) is 4.59. The van der Waals surface area contributed by atoms with Gasteiger partial charge in [-0.05, 0) is 54.8 Å². The first-order valence-electron chi connectivity index (χ1n) is 10.8. The Balaban J connectivity index is 1.84. The van der Waals surface area contributed by atoms with Crippen LogP contribution in [-0.4, -0.2) is 29.3 Å². The molecule has 0 saturated carbocycles. The summed E-state index contributed by atoms with van der Waals surface area (Å²) in [7, 11) is 1.36. The second kappa shape index (κ2) is 8.94. The van der Waals surface area contributed by atoms with Crippen molar-refractivity contribution in [3.8, 4) is 0 Å². The molecule has 4 rings (SSSR count). The highest BCUT2D eigenvalue weighted by atomic mass is 16.6. The average molecular weight is 442 g/mol. The van der Waals surface area contributed by atoms with E-state index in [-0.39, 0.29) is 5.92 Å². The van der Waals surface area contributed by atoms with E-state index in [0.717, 1.165) is 32.8 Å². The molecule has 0 saturated heterocycles. The molecule has 1 heterocycles. The molecule has 1 atom stereocenters. The molecule has 4 aromatic rings. The van der Waals surface area contributed by atoms with Gasteiger partial charge < -0.3 is 9.47 Å². The van der Waals surface area contributed by atoms with Crippen molar-refractivity contribution in [1.29, 1.82) is 0 Å². The number of esters is 1. The van der Waals surface area contributed by atoms with Crippen molar-refractivity contribution in [2.45, 2.75) is 32.3 Å². The molecule has 0 spiro atoms. The van der Waals surface area contributed by atoms with E-state index in [0.29, 0.717) is 0 Å². The third-order valence-electron chi connectivity index (χ3n) is 5.45. The number of benzene rings is 3. The summed E-state index contributed by atoms with van der Waals surface area (Å²) in [5, 5.41) is 3.17. The quantitative estimate of drug-likeness (QED) is 0.270. The zero-order valence-electron chi connectivity index (χ0n) is 19.2. The minimum atomic E-state index is -0.595. The van der Waals surface area contributed by atoms with Gasteiger partial charge in [-0.3, -0.25) is 4.57 Å². The van der Waals surface area contributed by atoms with Crippen LogP contribution in [0, 0.1) is 0 Å². The van der Waals surface area contributed by atoms with Gasteiger partial charge in [0, 0.05) is 23.6 Å². The molecule has 5 heteroatoms. The third kappa shape index (κ3) is 4.82. The molecule has 0 N–H and O–H groups in total. The van der Waals surface area contributed by atoms with Gasteiger partial charge in [0.15, 0.2) is 0 Å². The maximum absolute atomic E-state index is 12.8. The number of aromatic nitrogens is 1. The first-order chi connectivity index (χ1) is 15.8. The first kappa shape index (κ1) is 22.3. The smallest absolute Gasteiger partial charge is 0.418 e. The fourth-order valence-electron chi connectivity index (χ4n) is 3.97. The van der Waals surface area contributed by atoms with Gasteiger partial charge >= 0.3 is 12.1 Å². The van der Waals surface area contributed by atoms with Gasteiger partial charge in [-0.1, -0.05) is 60.7 Å². The fourth-order valence-corrected chi connectivity index (χ4v) is 3.97. The van der Waals surface area contributed by atoms with Crippen molar-refractivity contribution >= 4 is 33.7 Å². The summed E-state index contributed by atoms with van der Waals surface area (Å²) in [5.74, 6) is -0.633. The Hall–Kier alpha value is -3.86. The number of ether oxygens (including phenoxy) is 2. The second-order valence-electron chi connectivity index (χ2n) is 8.91. The monoisotopic (exact) mass is 441 g/mol. The van der Waals surface area contributed by atoms with Crippen molar-refractivity contribution in [3.63, 3.8) is 0 Å². The Morgan fingerprint density at radius 1 is 0.939 bits per heavy atom. The predicted octanol–water partition coefficient (Wildman–Crippen LogP) is 6.44. The summed E-state index contributed by atoms with van der Waals surface area (Å²) < 4.78 is 11.9. The number of carbonyl (C=O) groups is 2. The van der Waals surface area contributed by atoms with Gasteiger partial charge in [-0.15, -0.1) is 0 Å². The van der Waals surface area contributed by atoms with E-state index in [1.165, 1.54) is 17.8 Å². The molecule has 0 unspecified atom stereocenters. The topological polar surface area (TPSA) is 57.5 Å². The highest BCUT2D eigenvalue weighted by molar-refractivity contribution is 5.93. The first-order valence-corrected chi connectivity index (χ1v) is 10.8. The zero-order chi connectivity index (χ0) is 23.6. The number of rotatable bonds is 4. The van der Waals surface area contributed by atoms with Gasteiger partial charge in [0.05, 0.1) is 12.6 Å². The molecule has 0 bridgehead atoms. The van der Waals surface area contributed by atoms with Crippen LogP contribution in [0.4, 0.5) is 4.79 Å². The van der Waals surface area contributed by atoms with Crippen LogP contribution in [0.15, 0.2) is 85.1 Å². The molecule has 5 nitrogen and oxygen atoms in total. The van der Waals surface area contributed by atoms with Crippen LogP contribution in [0.2, 0.25) is 0 Å². The van der Waals surface area contributed by atoms with E-state index in [9.17, 15) is 9.59 Å². The van der Waals surface area contributed by atoms with Crippen molar-refractivity contribution in [2.24, 2.45) is 0 Å². The van der Waals surface area contributed by atoms with Crippen LogP contribution >= 0.6 is 0 Å². The number of hydrogen-bond donors (Lipinski definition) is 0. The Morgan fingerprint density at radius 2 is 1.70 bits per heavy atom. The van der Waals surface area contributed by atoms with Gasteiger partial charge in [0.2, 0.25) is 0 Å². The lowest BCUT2D eigenvalue weighted by molar-refractivity contribution is -0.134. The minimum Gasteiger partial charge on any atom is -0.466 e. The van der Waals surface area contributed by atoms with E-state index >= 15 is 0 Å². The van der Waals surface area contributed by atoms with E-state index in [1.54, 1.807) is 6.20 Å². The fraction of sp³-hybridized carbons (Fsp3) is 0.214. The van der Waals surface area contributed by atoms with Crippen molar-refractivity contribution in [1.82, 2.24) is 4.57 Å². The van der Waals surface area contributed by atoms with Gasteiger partial charge in [0.25, 0.3) is 0 Å². The Kier molecular flexibility index (Phi) is 6.05. The minimum absolute atomic E-state index is 0.216. The lowest BCUT2D eigenvalue weighted by atomic mass is 9.87. The molecule has 0 aliphatic heterocycles. The highest BCUT2D eigenvalue weighted by Gasteiger charge is 2.21. The van der Waals surface area contributed by atoms with Crippen LogP contribution < -0.4 is 0 Å². The standard InChI is InChI=1S/C28H27NO4/c1-28(2,3)33-27(31)29-17-16-24-23(10-7-11-25(24)29)22(14-15-26(30)32-4)21-13-12-19-8-5-6-9-20(19)18-21/h5-18,22H,1-4H3/b15-14+/t22-/m0/s1. The summed E-state index contributed by atoms with van der Waals surface area (Å²) >= 11 is 0. The van der Waals surface area contributed by atoms with Gasteiger partial charge in [-0.25, -0.2) is 9.59 Å². The molecule has 0 aliphatic carbocycles. The van der Waals surface area contributed by atoms with Crippen molar-refractivity contribution < 1.29 is 19.1 Å². The molecule has 0 radical (unpaired) electrons. The number of hydrogen-bond acceptors (Lipinski definition) is 4. The zero-order valence-corrected chi connectivity index (χ0v) is 19.2. The average Bonchev–Trinajstić information content (AvgIpc) is 3.23. The maximum Gasteiger partial charge on any atom is 0.418 e. The summed E-state index contributed by atoms with van der Waals surface area (Å²) in [5.41, 5.74) is 2.16. The lowest BCUT2D eigenvalue weighted by Gasteiger charge is -2.20. The van der Waals surface area contributed by atoms with Crippen LogP contribution in [-0.2, 0) is 14.3 Å². The van der Waals surface area contributed by atoms with Crippen LogP contribution in [0.1, 0.15) is 37.8 Å². The molecule has 168 valence electrons. The Labute approximate surface area is 193 Å².